The molecule has 0 saturated carbocycles. The van der Waals surface area contributed by atoms with Crippen molar-refractivity contribution in [2.45, 2.75) is 19.8 Å². The van der Waals surface area contributed by atoms with Gasteiger partial charge in [0.2, 0.25) is 0 Å². The summed E-state index contributed by atoms with van der Waals surface area (Å²) in [5, 5.41) is 22.2. The van der Waals surface area contributed by atoms with Gasteiger partial charge in [-0.25, -0.2) is 9.18 Å². The van der Waals surface area contributed by atoms with Gasteiger partial charge in [-0.3, -0.25) is 10.1 Å². The third kappa shape index (κ3) is 3.16. The molecule has 1 aromatic rings. The van der Waals surface area contributed by atoms with E-state index in [-0.39, 0.29) is 5.69 Å². The van der Waals surface area contributed by atoms with E-state index in [1.54, 1.807) is 0 Å². The van der Waals surface area contributed by atoms with Crippen molar-refractivity contribution in [3.63, 3.8) is 0 Å². The van der Waals surface area contributed by atoms with Crippen molar-refractivity contribution in [1.82, 2.24) is 0 Å². The number of carboxylic acid groups (broad SMARTS) is 1. The molecule has 6 nitrogen and oxygen atoms in total. The number of nitrogens with zero attached hydrogens (tertiary/aromatic N) is 1. The summed E-state index contributed by atoms with van der Waals surface area (Å²) in [6, 6.07) is 1.57. The third-order valence-electron chi connectivity index (χ3n) is 2.36. The molecule has 0 radical (unpaired) electrons. The lowest BCUT2D eigenvalue weighted by Gasteiger charge is -2.07. The van der Waals surface area contributed by atoms with Gasteiger partial charge in [-0.15, -0.1) is 0 Å². The van der Waals surface area contributed by atoms with Crippen molar-refractivity contribution in [2.75, 3.05) is 11.9 Å². The quantitative estimate of drug-likeness (QED) is 0.463. The van der Waals surface area contributed by atoms with Crippen LogP contribution >= 0.6 is 0 Å². The molecule has 0 aliphatic rings. The minimum absolute atomic E-state index is 0.00375. The highest BCUT2D eigenvalue weighted by Gasteiger charge is 2.21. The number of benzene rings is 1. The molecule has 0 bridgehead atoms. The molecular weight excluding hydrogens is 243 g/mol. The smallest absolute Gasteiger partial charge is 0.338 e. The van der Waals surface area contributed by atoms with Crippen molar-refractivity contribution in [3.8, 4) is 0 Å². The Morgan fingerprint density at radius 2 is 2.22 bits per heavy atom. The summed E-state index contributed by atoms with van der Waals surface area (Å²) in [5.41, 5.74) is -1.15. The minimum Gasteiger partial charge on any atom is -0.478 e. The summed E-state index contributed by atoms with van der Waals surface area (Å²) in [6.07, 6.45) is 1.66. The monoisotopic (exact) mass is 256 g/mol. The number of nitro groups is 1. The number of nitrogens with one attached hydrogen (secondary N) is 1. The van der Waals surface area contributed by atoms with Gasteiger partial charge in [0.1, 0.15) is 17.1 Å². The maximum atomic E-state index is 13.4. The van der Waals surface area contributed by atoms with Crippen molar-refractivity contribution in [2.24, 2.45) is 0 Å². The molecule has 0 unspecified atom stereocenters. The summed E-state index contributed by atoms with van der Waals surface area (Å²) in [5.74, 6) is -2.53. The summed E-state index contributed by atoms with van der Waals surface area (Å²) in [4.78, 5) is 20.7. The third-order valence-corrected chi connectivity index (χ3v) is 2.36. The zero-order valence-corrected chi connectivity index (χ0v) is 9.77. The second-order valence-corrected chi connectivity index (χ2v) is 3.69. The molecule has 0 amide bonds. The van der Waals surface area contributed by atoms with E-state index in [2.05, 4.69) is 5.32 Å². The molecule has 0 spiro atoms. The fourth-order valence-corrected chi connectivity index (χ4v) is 1.42. The zero-order valence-electron chi connectivity index (χ0n) is 9.77. The molecule has 0 heterocycles. The van der Waals surface area contributed by atoms with Crippen LogP contribution in [0.5, 0.6) is 0 Å². The Bertz CT molecular complexity index is 476. The molecule has 0 saturated heterocycles. The van der Waals surface area contributed by atoms with Gasteiger partial charge < -0.3 is 10.4 Å². The number of hydrogen-bond donors (Lipinski definition) is 2. The lowest BCUT2D eigenvalue weighted by molar-refractivity contribution is -0.384. The summed E-state index contributed by atoms with van der Waals surface area (Å²) < 4.78 is 13.4. The summed E-state index contributed by atoms with van der Waals surface area (Å²) in [7, 11) is 0. The van der Waals surface area contributed by atoms with Crippen molar-refractivity contribution >= 4 is 17.3 Å². The first-order valence-corrected chi connectivity index (χ1v) is 5.42. The highest BCUT2D eigenvalue weighted by atomic mass is 19.1. The van der Waals surface area contributed by atoms with Crippen molar-refractivity contribution < 1.29 is 19.2 Å². The van der Waals surface area contributed by atoms with Crippen LogP contribution in [0, 0.1) is 15.9 Å². The van der Waals surface area contributed by atoms with E-state index in [0.717, 1.165) is 25.0 Å². The molecule has 0 atom stereocenters. The number of halogens is 1. The fraction of sp³-hybridized carbons (Fsp3) is 0.364. The number of rotatable bonds is 6. The van der Waals surface area contributed by atoms with Crippen LogP contribution < -0.4 is 5.32 Å². The van der Waals surface area contributed by atoms with Gasteiger partial charge in [-0.05, 0) is 6.42 Å². The van der Waals surface area contributed by atoms with Crippen LogP contribution in [0.25, 0.3) is 0 Å². The molecule has 0 fully saturated rings. The highest BCUT2D eigenvalue weighted by Crippen LogP contribution is 2.27. The molecule has 0 aliphatic heterocycles. The Morgan fingerprint density at radius 1 is 1.56 bits per heavy atom. The number of carboxylic acids is 1. The molecule has 0 aromatic heterocycles. The molecule has 7 heteroatoms. The largest absolute Gasteiger partial charge is 0.478 e. The Kier molecular flexibility index (Phi) is 4.59. The van der Waals surface area contributed by atoms with Gasteiger partial charge in [0.25, 0.3) is 5.69 Å². The average Bonchev–Trinajstić information content (AvgIpc) is 2.28. The number of unbranched alkanes of at least 4 members (excludes halogenated alkanes) is 1. The van der Waals surface area contributed by atoms with E-state index in [9.17, 15) is 19.3 Å². The molecule has 0 aliphatic carbocycles. The number of anilines is 1. The second kappa shape index (κ2) is 5.95. The normalized spacial score (nSPS) is 10.1. The van der Waals surface area contributed by atoms with E-state index < -0.39 is 28.0 Å². The van der Waals surface area contributed by atoms with E-state index >= 15 is 0 Å². The van der Waals surface area contributed by atoms with E-state index in [4.69, 9.17) is 5.11 Å². The first kappa shape index (κ1) is 13.9. The molecule has 1 rings (SSSR count). The Morgan fingerprint density at radius 3 is 2.72 bits per heavy atom. The number of nitro benzene ring substituents is 1. The summed E-state index contributed by atoms with van der Waals surface area (Å²) in [6.45, 7) is 2.41. The maximum absolute atomic E-state index is 13.4. The Balaban J connectivity index is 3.12. The highest BCUT2D eigenvalue weighted by molar-refractivity contribution is 5.90. The van der Waals surface area contributed by atoms with E-state index in [1.807, 2.05) is 6.92 Å². The predicted molar refractivity (Wildman–Crippen MR) is 63.4 cm³/mol. The minimum atomic E-state index is -1.53. The lowest BCUT2D eigenvalue weighted by Crippen LogP contribution is -2.08. The fourth-order valence-electron chi connectivity index (χ4n) is 1.42. The Labute approximate surface area is 103 Å². The van der Waals surface area contributed by atoms with Crippen LogP contribution in [-0.2, 0) is 0 Å². The molecule has 1 aromatic carbocycles. The Hall–Kier alpha value is -2.18. The van der Waals surface area contributed by atoms with Crippen LogP contribution in [0.2, 0.25) is 0 Å². The molecule has 98 valence electrons. The van der Waals surface area contributed by atoms with Gasteiger partial charge in [0, 0.05) is 18.7 Å². The van der Waals surface area contributed by atoms with Gasteiger partial charge in [-0.2, -0.15) is 0 Å². The molecular formula is C11H13FN2O4. The van der Waals surface area contributed by atoms with Crippen molar-refractivity contribution in [1.29, 1.82) is 0 Å². The zero-order chi connectivity index (χ0) is 13.7. The van der Waals surface area contributed by atoms with Crippen LogP contribution in [0.3, 0.4) is 0 Å². The average molecular weight is 256 g/mol. The molecule has 18 heavy (non-hydrogen) atoms. The first-order chi connectivity index (χ1) is 8.47. The predicted octanol–water partition coefficient (Wildman–Crippen LogP) is 2.64. The number of carbonyl (C=O) groups is 1. The maximum Gasteiger partial charge on any atom is 0.338 e. The number of aromatic carboxylic acids is 1. The van der Waals surface area contributed by atoms with Crippen molar-refractivity contribution in [3.05, 3.63) is 33.6 Å². The SMILES string of the molecule is CCCCNc1cc(F)c(C(=O)O)cc1[N+](=O)[O-]. The molecule has 2 N–H and O–H groups in total. The van der Waals surface area contributed by atoms with Crippen LogP contribution in [0.15, 0.2) is 12.1 Å². The topological polar surface area (TPSA) is 92.5 Å². The lowest BCUT2D eigenvalue weighted by atomic mass is 10.1. The first-order valence-electron chi connectivity index (χ1n) is 5.42. The van der Waals surface area contributed by atoms with Crippen LogP contribution in [-0.4, -0.2) is 22.5 Å². The van der Waals surface area contributed by atoms with E-state index in [0.29, 0.717) is 6.54 Å². The van der Waals surface area contributed by atoms with Gasteiger partial charge in [-0.1, -0.05) is 13.3 Å². The van der Waals surface area contributed by atoms with Crippen LogP contribution in [0.1, 0.15) is 30.1 Å². The van der Waals surface area contributed by atoms with E-state index in [1.165, 1.54) is 0 Å². The van der Waals surface area contributed by atoms with Gasteiger partial charge in [0.15, 0.2) is 0 Å². The van der Waals surface area contributed by atoms with Crippen LogP contribution in [0.4, 0.5) is 15.8 Å². The van der Waals surface area contributed by atoms with Gasteiger partial charge >= 0.3 is 5.97 Å². The standard InChI is InChI=1S/C11H13FN2O4/c1-2-3-4-13-9-6-8(12)7(11(15)16)5-10(9)14(17)18/h5-6,13H,2-4H2,1H3,(H,15,16). The second-order valence-electron chi connectivity index (χ2n) is 3.69. The number of hydrogen-bond acceptors (Lipinski definition) is 4. The van der Waals surface area contributed by atoms with Gasteiger partial charge in [0.05, 0.1) is 4.92 Å². The summed E-state index contributed by atoms with van der Waals surface area (Å²) >= 11 is 0.